The average Bonchev–Trinajstić information content (AvgIpc) is 1.69. The van der Waals surface area contributed by atoms with Gasteiger partial charge in [0.15, 0.2) is 0 Å². The molecule has 0 saturated heterocycles. The third-order valence-electron chi connectivity index (χ3n) is 17.3. The molecule has 3 aliphatic carbocycles. The van der Waals surface area contributed by atoms with Gasteiger partial charge < -0.3 is 9.80 Å². The van der Waals surface area contributed by atoms with Crippen LogP contribution in [0.25, 0.3) is 72.3 Å². The fourth-order valence-electron chi connectivity index (χ4n) is 13.6. The first-order valence-electron chi connectivity index (χ1n) is 28.7. The largest absolute Gasteiger partial charge is 0.311 e. The number of hydrogen-bond donors (Lipinski definition) is 0. The van der Waals surface area contributed by atoms with Gasteiger partial charge in [-0.05, 0) is 150 Å². The number of hydrogen-bond acceptors (Lipinski definition) is 2. The molecule has 12 aromatic carbocycles. The molecule has 0 N–H and O–H groups in total. The lowest BCUT2D eigenvalue weighted by molar-refractivity contribution is 0.631. The highest BCUT2D eigenvalue weighted by atomic mass is 15.2. The van der Waals surface area contributed by atoms with Crippen LogP contribution in [0.3, 0.4) is 0 Å². The zero-order valence-corrected chi connectivity index (χ0v) is 45.7. The van der Waals surface area contributed by atoms with Crippen molar-refractivity contribution in [3.8, 4) is 66.8 Å². The van der Waals surface area contributed by atoms with E-state index in [0.717, 1.165) is 57.1 Å². The Morgan fingerprint density at radius 3 is 1.13 bits per heavy atom. The Balaban J connectivity index is 0.985. The molecule has 1 unspecified atom stereocenters. The fourth-order valence-corrected chi connectivity index (χ4v) is 13.6. The normalized spacial score (nSPS) is 14.2. The molecular formula is C80H58N2. The lowest BCUT2D eigenvalue weighted by Gasteiger charge is -2.39. The Kier molecular flexibility index (Phi) is 12.2. The van der Waals surface area contributed by atoms with Crippen molar-refractivity contribution in [1.82, 2.24) is 0 Å². The first kappa shape index (κ1) is 48.8. The number of para-hydroxylation sites is 1. The molecule has 0 fully saturated rings. The summed E-state index contributed by atoms with van der Waals surface area (Å²) >= 11 is 0. The van der Waals surface area contributed by atoms with E-state index in [1.165, 1.54) is 83.6 Å². The number of fused-ring (bicyclic) bond motifs is 9. The molecule has 3 aliphatic rings. The van der Waals surface area contributed by atoms with Gasteiger partial charge in [-0.1, -0.05) is 268 Å². The zero-order chi connectivity index (χ0) is 54.6. The van der Waals surface area contributed by atoms with Gasteiger partial charge in [-0.25, -0.2) is 0 Å². The molecule has 2 nitrogen and oxygen atoms in total. The first-order valence-corrected chi connectivity index (χ1v) is 28.7. The molecule has 0 amide bonds. The quantitative estimate of drug-likeness (QED) is 0.127. The summed E-state index contributed by atoms with van der Waals surface area (Å²) in [5.74, 6) is 0.368. The summed E-state index contributed by atoms with van der Waals surface area (Å²) in [6, 6.07) is 112. The van der Waals surface area contributed by atoms with E-state index in [4.69, 9.17) is 0 Å². The highest BCUT2D eigenvalue weighted by Crippen LogP contribution is 2.67. The van der Waals surface area contributed by atoms with Gasteiger partial charge in [0.25, 0.3) is 0 Å². The van der Waals surface area contributed by atoms with Crippen LogP contribution in [-0.2, 0) is 5.41 Å². The van der Waals surface area contributed by atoms with Crippen molar-refractivity contribution in [2.45, 2.75) is 18.8 Å². The minimum atomic E-state index is -0.583. The molecule has 82 heavy (non-hydrogen) atoms. The lowest BCUT2D eigenvalue weighted by Crippen LogP contribution is -2.31. The number of nitrogens with zero attached hydrogens (tertiary/aromatic N) is 2. The summed E-state index contributed by atoms with van der Waals surface area (Å²) in [5, 5.41) is 0. The van der Waals surface area contributed by atoms with Crippen LogP contribution in [0.2, 0.25) is 0 Å². The molecular weight excluding hydrogens is 989 g/mol. The zero-order valence-electron chi connectivity index (χ0n) is 45.7. The Bertz CT molecular complexity index is 4240. The fraction of sp³-hybridized carbons (Fsp3) is 0.0500. The van der Waals surface area contributed by atoms with Crippen molar-refractivity contribution < 1.29 is 0 Å². The van der Waals surface area contributed by atoms with Crippen LogP contribution in [0, 0.1) is 5.92 Å². The number of allylic oxidation sites excluding steroid dienone is 4. The van der Waals surface area contributed by atoms with Crippen molar-refractivity contribution in [3.05, 3.63) is 343 Å². The number of anilines is 6. The van der Waals surface area contributed by atoms with Gasteiger partial charge in [0.1, 0.15) is 0 Å². The third kappa shape index (κ3) is 8.17. The smallest absolute Gasteiger partial charge is 0.0709 e. The van der Waals surface area contributed by atoms with Gasteiger partial charge >= 0.3 is 0 Å². The summed E-state index contributed by atoms with van der Waals surface area (Å²) in [6.07, 6.45) is 5.83. The number of benzene rings is 12. The van der Waals surface area contributed by atoms with Crippen LogP contribution in [0.5, 0.6) is 0 Å². The van der Waals surface area contributed by atoms with Crippen LogP contribution in [-0.4, -0.2) is 0 Å². The van der Waals surface area contributed by atoms with Gasteiger partial charge in [0, 0.05) is 39.4 Å². The maximum Gasteiger partial charge on any atom is 0.0709 e. The minimum absolute atomic E-state index is 0.368. The Hall–Kier alpha value is -10.3. The van der Waals surface area contributed by atoms with Crippen LogP contribution < -0.4 is 9.80 Å². The lowest BCUT2D eigenvalue weighted by atomic mass is 9.66. The third-order valence-corrected chi connectivity index (χ3v) is 17.3. The Morgan fingerprint density at radius 2 is 0.659 bits per heavy atom. The Labute approximate surface area is 481 Å². The molecule has 0 bridgehead atoms. The molecule has 388 valence electrons. The number of rotatable bonds is 11. The van der Waals surface area contributed by atoms with Crippen LogP contribution in [0.15, 0.2) is 321 Å². The van der Waals surface area contributed by atoms with Crippen molar-refractivity contribution in [2.75, 3.05) is 9.80 Å². The van der Waals surface area contributed by atoms with E-state index < -0.39 is 5.41 Å². The molecule has 0 aliphatic heterocycles. The minimum Gasteiger partial charge on any atom is -0.311 e. The summed E-state index contributed by atoms with van der Waals surface area (Å²) < 4.78 is 0. The molecule has 1 spiro atoms. The van der Waals surface area contributed by atoms with E-state index in [1.54, 1.807) is 0 Å². The molecule has 0 aromatic heterocycles. The topological polar surface area (TPSA) is 6.48 Å². The Morgan fingerprint density at radius 1 is 0.305 bits per heavy atom. The predicted octanol–water partition coefficient (Wildman–Crippen LogP) is 21.6. The predicted molar refractivity (Wildman–Crippen MR) is 345 cm³/mol. The molecule has 1 atom stereocenters. The molecule has 0 heterocycles. The van der Waals surface area contributed by atoms with Crippen molar-refractivity contribution in [1.29, 1.82) is 0 Å². The van der Waals surface area contributed by atoms with E-state index in [1.807, 2.05) is 0 Å². The van der Waals surface area contributed by atoms with Gasteiger partial charge in [0.05, 0.1) is 16.8 Å². The summed E-state index contributed by atoms with van der Waals surface area (Å²) in [5.41, 5.74) is 28.5. The highest BCUT2D eigenvalue weighted by molar-refractivity contribution is 6.05. The monoisotopic (exact) mass is 1050 g/mol. The van der Waals surface area contributed by atoms with E-state index in [2.05, 4.69) is 332 Å². The van der Waals surface area contributed by atoms with E-state index in [0.29, 0.717) is 5.92 Å². The van der Waals surface area contributed by atoms with Crippen molar-refractivity contribution in [2.24, 2.45) is 5.92 Å². The molecule has 15 rings (SSSR count). The first-order chi connectivity index (χ1) is 40.6. The van der Waals surface area contributed by atoms with Gasteiger partial charge in [-0.15, -0.1) is 0 Å². The van der Waals surface area contributed by atoms with Crippen LogP contribution in [0.1, 0.15) is 35.6 Å². The second kappa shape index (κ2) is 20.4. The highest BCUT2D eigenvalue weighted by Gasteiger charge is 2.55. The van der Waals surface area contributed by atoms with Gasteiger partial charge in [-0.2, -0.15) is 0 Å². The van der Waals surface area contributed by atoms with Crippen LogP contribution in [0.4, 0.5) is 34.1 Å². The van der Waals surface area contributed by atoms with E-state index >= 15 is 0 Å². The average molecular weight is 1050 g/mol. The van der Waals surface area contributed by atoms with E-state index in [9.17, 15) is 0 Å². The van der Waals surface area contributed by atoms with Gasteiger partial charge in [0.2, 0.25) is 0 Å². The standard InChI is InChI=1S/C80H58N2/c1-55-34-51-72-73-53-52-69(63-41-49-66(50-42-63)81(64-43-35-59(36-44-64)56-20-6-2-7-21-56)65-45-37-60(38-46-65)57-22-8-3-9-23-57)79(78(73)80(76(72)54-55)74-31-17-14-29-70(74)71-30-15-18-32-75(71)80)82(67-47-39-61(40-48-67)58-24-10-4-11-25-58)77-33-19-16-28-68(77)62-26-12-5-13-27-62/h2-53,55H,54H2,1H3. The molecule has 0 saturated carbocycles. The molecule has 2 heteroatoms. The maximum absolute atomic E-state index is 2.62. The molecule has 12 aromatic rings. The van der Waals surface area contributed by atoms with Crippen LogP contribution >= 0.6 is 0 Å². The summed E-state index contributed by atoms with van der Waals surface area (Å²) in [6.45, 7) is 2.38. The summed E-state index contributed by atoms with van der Waals surface area (Å²) in [7, 11) is 0. The SMILES string of the molecule is CC1C=CC2=C(C1)C1(c3ccccc3-c3ccccc31)c1c2ccc(-c2ccc(N(c3ccc(-c4ccccc4)cc3)c3ccc(-c4ccccc4)cc3)cc2)c1N(c1ccc(-c2ccccc2)cc1)c1ccccc1-c1ccccc1. The second-order valence-corrected chi connectivity index (χ2v) is 22.0. The van der Waals surface area contributed by atoms with E-state index in [-0.39, 0.29) is 0 Å². The van der Waals surface area contributed by atoms with Crippen molar-refractivity contribution >= 4 is 39.7 Å². The molecule has 0 radical (unpaired) electrons. The summed E-state index contributed by atoms with van der Waals surface area (Å²) in [4.78, 5) is 5.01. The maximum atomic E-state index is 2.62. The van der Waals surface area contributed by atoms with Gasteiger partial charge in [-0.3, -0.25) is 0 Å². The van der Waals surface area contributed by atoms with Crippen molar-refractivity contribution in [3.63, 3.8) is 0 Å². The second-order valence-electron chi connectivity index (χ2n) is 22.0.